The van der Waals surface area contributed by atoms with Gasteiger partial charge in [-0.25, -0.2) is 0 Å². The average Bonchev–Trinajstić information content (AvgIpc) is 2.34. The minimum atomic E-state index is -0.517. The van der Waals surface area contributed by atoms with Crippen LogP contribution in [0.5, 0.6) is 11.6 Å². The largest absolute Gasteiger partial charge is 0.430 e. The summed E-state index contributed by atoms with van der Waals surface area (Å²) in [5, 5.41) is 18.5. The van der Waals surface area contributed by atoms with Gasteiger partial charge in [-0.1, -0.05) is 27.5 Å². The molecule has 0 spiro atoms. The lowest BCUT2D eigenvalue weighted by molar-refractivity contribution is -0.385. The van der Waals surface area contributed by atoms with Crippen molar-refractivity contribution in [1.29, 1.82) is 0 Å². The fraction of sp³-hybridized carbons (Fsp3) is 0.0909. The highest BCUT2D eigenvalue weighted by Gasteiger charge is 2.20. The van der Waals surface area contributed by atoms with Crippen LogP contribution in [0.3, 0.4) is 0 Å². The van der Waals surface area contributed by atoms with E-state index in [9.17, 15) is 10.1 Å². The lowest BCUT2D eigenvalue weighted by atomic mass is 10.2. The van der Waals surface area contributed by atoms with E-state index >= 15 is 0 Å². The molecule has 0 atom stereocenters. The summed E-state index contributed by atoms with van der Waals surface area (Å²) in [5.41, 5.74) is 0.460. The topological polar surface area (TPSA) is 78.2 Å². The van der Waals surface area contributed by atoms with Gasteiger partial charge in [0, 0.05) is 22.2 Å². The molecule has 1 aromatic carbocycles. The van der Waals surface area contributed by atoms with Gasteiger partial charge in [0.1, 0.15) is 0 Å². The molecule has 0 aliphatic heterocycles. The van der Waals surface area contributed by atoms with Gasteiger partial charge >= 0.3 is 5.69 Å². The molecule has 0 radical (unpaired) electrons. The average molecular weight is 345 g/mol. The molecule has 0 aliphatic rings. The van der Waals surface area contributed by atoms with Gasteiger partial charge < -0.3 is 4.74 Å². The van der Waals surface area contributed by atoms with Gasteiger partial charge in [0.05, 0.1) is 4.92 Å². The van der Waals surface area contributed by atoms with Gasteiger partial charge in [-0.2, -0.15) is 0 Å². The maximum Gasteiger partial charge on any atom is 0.313 e. The predicted molar refractivity (Wildman–Crippen MR) is 72.6 cm³/mol. The third kappa shape index (κ3) is 3.18. The Morgan fingerprint density at radius 3 is 2.68 bits per heavy atom. The van der Waals surface area contributed by atoms with Crippen LogP contribution in [0.4, 0.5) is 5.69 Å². The molecule has 0 bridgehead atoms. The number of hydrogen-bond donors (Lipinski definition) is 0. The lowest BCUT2D eigenvalue weighted by Gasteiger charge is -2.08. The number of nitrogens with zero attached hydrogens (tertiary/aromatic N) is 3. The van der Waals surface area contributed by atoms with Crippen molar-refractivity contribution in [3.63, 3.8) is 0 Å². The van der Waals surface area contributed by atoms with Crippen molar-refractivity contribution in [1.82, 2.24) is 10.2 Å². The van der Waals surface area contributed by atoms with E-state index in [-0.39, 0.29) is 22.5 Å². The van der Waals surface area contributed by atoms with Crippen molar-refractivity contribution < 1.29 is 9.66 Å². The highest BCUT2D eigenvalue weighted by atomic mass is 79.9. The summed E-state index contributed by atoms with van der Waals surface area (Å²) in [4.78, 5) is 10.5. The highest BCUT2D eigenvalue weighted by Crippen LogP contribution is 2.36. The maximum absolute atomic E-state index is 11.0. The normalized spacial score (nSPS) is 10.3. The van der Waals surface area contributed by atoms with Crippen LogP contribution < -0.4 is 4.74 Å². The highest BCUT2D eigenvalue weighted by molar-refractivity contribution is 9.10. The monoisotopic (exact) mass is 343 g/mol. The Kier molecular flexibility index (Phi) is 3.96. The molecule has 98 valence electrons. The summed E-state index contributed by atoms with van der Waals surface area (Å²) >= 11 is 8.81. The van der Waals surface area contributed by atoms with Crippen LogP contribution in [0.15, 0.2) is 28.7 Å². The van der Waals surface area contributed by atoms with Crippen LogP contribution in [0.25, 0.3) is 0 Å². The molecule has 0 unspecified atom stereocenters. The Balaban J connectivity index is 2.44. The maximum atomic E-state index is 11.0. The Morgan fingerprint density at radius 1 is 1.37 bits per heavy atom. The third-order valence-corrected chi connectivity index (χ3v) is 2.89. The molecular formula is C11H7BrClN3O3. The molecule has 6 nitrogen and oxygen atoms in total. The molecule has 0 amide bonds. The zero-order valence-electron chi connectivity index (χ0n) is 9.63. The van der Waals surface area contributed by atoms with Crippen molar-refractivity contribution in [3.8, 4) is 11.6 Å². The van der Waals surface area contributed by atoms with Crippen LogP contribution >= 0.6 is 27.5 Å². The molecule has 2 rings (SSSR count). The minimum Gasteiger partial charge on any atom is -0.430 e. The first-order valence-corrected chi connectivity index (χ1v) is 6.26. The van der Waals surface area contributed by atoms with E-state index in [0.29, 0.717) is 10.0 Å². The van der Waals surface area contributed by atoms with Gasteiger partial charge in [0.15, 0.2) is 5.15 Å². The lowest BCUT2D eigenvalue weighted by Crippen LogP contribution is -1.98. The van der Waals surface area contributed by atoms with Crippen LogP contribution in [0, 0.1) is 17.0 Å². The van der Waals surface area contributed by atoms with E-state index in [1.807, 2.05) is 0 Å². The van der Waals surface area contributed by atoms with Crippen LogP contribution in [-0.4, -0.2) is 15.1 Å². The van der Waals surface area contributed by atoms with E-state index < -0.39 is 4.92 Å². The molecule has 19 heavy (non-hydrogen) atoms. The Hall–Kier alpha value is -1.73. The first kappa shape index (κ1) is 13.7. The zero-order chi connectivity index (χ0) is 14.0. The van der Waals surface area contributed by atoms with E-state index in [1.54, 1.807) is 13.0 Å². The molecule has 8 heteroatoms. The standard InChI is InChI=1S/C11H7BrClN3O3/c1-6-4-7(12)5-8(16(17)18)11(6)19-10-3-2-9(13)14-15-10/h2-5H,1H3. The molecule has 0 saturated carbocycles. The van der Waals surface area contributed by atoms with Crippen molar-refractivity contribution in [2.45, 2.75) is 6.92 Å². The number of benzene rings is 1. The number of ether oxygens (including phenoxy) is 1. The number of aryl methyl sites for hydroxylation is 1. The molecular weight excluding hydrogens is 337 g/mol. The molecule has 0 N–H and O–H groups in total. The molecule has 1 heterocycles. The van der Waals surface area contributed by atoms with Crippen molar-refractivity contribution in [3.05, 3.63) is 49.6 Å². The SMILES string of the molecule is Cc1cc(Br)cc([N+](=O)[O-])c1Oc1ccc(Cl)nn1. The molecule has 0 fully saturated rings. The Bertz CT molecular complexity index is 634. The number of aromatic nitrogens is 2. The van der Waals surface area contributed by atoms with Crippen molar-refractivity contribution >= 4 is 33.2 Å². The molecule has 0 aliphatic carbocycles. The number of nitro groups is 1. The van der Waals surface area contributed by atoms with E-state index in [2.05, 4.69) is 26.1 Å². The minimum absolute atomic E-state index is 0.129. The summed E-state index contributed by atoms with van der Waals surface area (Å²) < 4.78 is 6.02. The van der Waals surface area contributed by atoms with Gasteiger partial charge in [0.25, 0.3) is 0 Å². The number of halogens is 2. The molecule has 2 aromatic rings. The van der Waals surface area contributed by atoms with E-state index in [4.69, 9.17) is 16.3 Å². The summed E-state index contributed by atoms with van der Waals surface area (Å²) in [6, 6.07) is 6.06. The fourth-order valence-electron chi connectivity index (χ4n) is 1.44. The van der Waals surface area contributed by atoms with Crippen molar-refractivity contribution in [2.75, 3.05) is 0 Å². The van der Waals surface area contributed by atoms with E-state index in [1.165, 1.54) is 18.2 Å². The second-order valence-electron chi connectivity index (χ2n) is 3.62. The van der Waals surface area contributed by atoms with Gasteiger partial charge in [-0.3, -0.25) is 10.1 Å². The quantitative estimate of drug-likeness (QED) is 0.623. The van der Waals surface area contributed by atoms with Crippen LogP contribution in [0.2, 0.25) is 5.15 Å². The molecule has 0 saturated heterocycles. The first-order valence-electron chi connectivity index (χ1n) is 5.09. The van der Waals surface area contributed by atoms with Crippen LogP contribution in [0.1, 0.15) is 5.56 Å². The zero-order valence-corrected chi connectivity index (χ0v) is 12.0. The summed E-state index contributed by atoms with van der Waals surface area (Å²) in [6.07, 6.45) is 0. The summed E-state index contributed by atoms with van der Waals surface area (Å²) in [7, 11) is 0. The van der Waals surface area contributed by atoms with Gasteiger partial charge in [-0.15, -0.1) is 10.2 Å². The van der Waals surface area contributed by atoms with E-state index in [0.717, 1.165) is 0 Å². The van der Waals surface area contributed by atoms with Gasteiger partial charge in [-0.05, 0) is 19.1 Å². The fourth-order valence-corrected chi connectivity index (χ4v) is 2.10. The van der Waals surface area contributed by atoms with Gasteiger partial charge in [0.2, 0.25) is 11.6 Å². The Morgan fingerprint density at radius 2 is 2.11 bits per heavy atom. The Labute approximate surface area is 121 Å². The molecule has 1 aromatic heterocycles. The second kappa shape index (κ2) is 5.50. The number of rotatable bonds is 3. The number of hydrogen-bond acceptors (Lipinski definition) is 5. The third-order valence-electron chi connectivity index (χ3n) is 2.23. The number of nitro benzene ring substituents is 1. The summed E-state index contributed by atoms with van der Waals surface area (Å²) in [6.45, 7) is 1.70. The van der Waals surface area contributed by atoms with Crippen molar-refractivity contribution in [2.24, 2.45) is 0 Å². The van der Waals surface area contributed by atoms with Crippen LogP contribution in [-0.2, 0) is 0 Å². The second-order valence-corrected chi connectivity index (χ2v) is 4.93. The summed E-state index contributed by atoms with van der Waals surface area (Å²) in [5.74, 6) is 0.266. The smallest absolute Gasteiger partial charge is 0.313 e. The predicted octanol–water partition coefficient (Wildman–Crippen LogP) is 3.90. The first-order chi connectivity index (χ1) is 8.97.